The van der Waals surface area contributed by atoms with Gasteiger partial charge in [-0.3, -0.25) is 4.79 Å². The number of carbonyl (C=O) groups excluding carboxylic acids is 1. The number of esters is 1. The van der Waals surface area contributed by atoms with Crippen LogP contribution in [0.15, 0.2) is 17.6 Å². The maximum atomic E-state index is 11.7. The fraction of sp³-hybridized carbons (Fsp3) is 0.500. The average Bonchev–Trinajstić information content (AvgIpc) is 2.72. The number of carbonyl (C=O) groups is 1. The summed E-state index contributed by atoms with van der Waals surface area (Å²) < 4.78 is 31.2. The van der Waals surface area contributed by atoms with Crippen LogP contribution in [0.3, 0.4) is 0 Å². The highest BCUT2D eigenvalue weighted by Gasteiger charge is 2.21. The molecular formula is C8H12IN3O4S. The zero-order valence-corrected chi connectivity index (χ0v) is 12.2. The molecule has 0 aliphatic rings. The van der Waals surface area contributed by atoms with Crippen molar-refractivity contribution < 1.29 is 17.9 Å². The van der Waals surface area contributed by atoms with Crippen molar-refractivity contribution in [2.45, 2.75) is 8.95 Å². The molecule has 1 atom stereocenters. The highest BCUT2D eigenvalue weighted by atomic mass is 127. The second kappa shape index (κ2) is 5.78. The number of nitrogens with zero attached hydrogens (tertiary/aromatic N) is 2. The summed E-state index contributed by atoms with van der Waals surface area (Å²) in [5.41, 5.74) is 0. The number of alkyl halides is 1. The number of halogens is 1. The number of methoxy groups -OCH3 is 1. The third kappa shape index (κ3) is 3.92. The molecule has 0 saturated heterocycles. The van der Waals surface area contributed by atoms with Gasteiger partial charge < -0.3 is 9.30 Å². The lowest BCUT2D eigenvalue weighted by molar-refractivity contribution is -0.139. The molecule has 1 aromatic heterocycles. The fourth-order valence-electron chi connectivity index (χ4n) is 0.996. The summed E-state index contributed by atoms with van der Waals surface area (Å²) in [4.78, 5) is 14.8. The lowest BCUT2D eigenvalue weighted by Gasteiger charge is -2.08. The van der Waals surface area contributed by atoms with E-state index >= 15 is 0 Å². The minimum atomic E-state index is -3.67. The molecule has 1 rings (SSSR count). The molecule has 0 aromatic carbocycles. The predicted octanol–water partition coefficient (Wildman–Crippen LogP) is -0.325. The van der Waals surface area contributed by atoms with Crippen LogP contribution in [-0.4, -0.2) is 41.5 Å². The SMILES string of the molecule is COC(=O)C(I)CNS(=O)(=O)c1cn(C)cn1. The molecule has 1 heterocycles. The van der Waals surface area contributed by atoms with Gasteiger partial charge in [-0.2, -0.15) is 0 Å². The Morgan fingerprint density at radius 3 is 2.82 bits per heavy atom. The van der Waals surface area contributed by atoms with Gasteiger partial charge in [0.05, 0.1) is 13.4 Å². The Bertz CT molecular complexity index is 499. The Morgan fingerprint density at radius 2 is 2.35 bits per heavy atom. The van der Waals surface area contributed by atoms with Crippen LogP contribution >= 0.6 is 22.6 Å². The van der Waals surface area contributed by atoms with Crippen LogP contribution in [0, 0.1) is 0 Å². The number of hydrogen-bond acceptors (Lipinski definition) is 5. The molecule has 0 aliphatic carbocycles. The van der Waals surface area contributed by atoms with Crippen LogP contribution < -0.4 is 4.72 Å². The van der Waals surface area contributed by atoms with E-state index in [0.29, 0.717) is 0 Å². The van der Waals surface area contributed by atoms with Crippen LogP contribution in [0.5, 0.6) is 0 Å². The smallest absolute Gasteiger partial charge is 0.319 e. The normalized spacial score (nSPS) is 13.4. The summed E-state index contributed by atoms with van der Waals surface area (Å²) >= 11 is 1.81. The van der Waals surface area contributed by atoms with Gasteiger partial charge in [-0.1, -0.05) is 22.6 Å². The third-order valence-corrected chi connectivity index (χ3v) is 4.12. The van der Waals surface area contributed by atoms with Crippen molar-refractivity contribution in [3.63, 3.8) is 0 Å². The molecular weight excluding hydrogens is 361 g/mol. The van der Waals surface area contributed by atoms with Gasteiger partial charge in [-0.25, -0.2) is 18.1 Å². The zero-order valence-electron chi connectivity index (χ0n) is 9.25. The van der Waals surface area contributed by atoms with Crippen LogP contribution in [0.1, 0.15) is 0 Å². The van der Waals surface area contributed by atoms with Crippen molar-refractivity contribution in [3.05, 3.63) is 12.5 Å². The number of aryl methyl sites for hydroxylation is 1. The summed E-state index contributed by atoms with van der Waals surface area (Å²) in [6, 6.07) is 0. The van der Waals surface area contributed by atoms with E-state index in [-0.39, 0.29) is 11.6 Å². The standard InChI is InChI=1S/C8H12IN3O4S/c1-12-4-7(10-5-12)17(14,15)11-3-6(9)8(13)16-2/h4-6,11H,3H2,1-2H3. The molecule has 1 aromatic rings. The van der Waals surface area contributed by atoms with Crippen molar-refractivity contribution in [3.8, 4) is 0 Å². The summed E-state index contributed by atoms with van der Waals surface area (Å²) in [6.45, 7) is -0.0356. The summed E-state index contributed by atoms with van der Waals surface area (Å²) in [5.74, 6) is -0.477. The predicted molar refractivity (Wildman–Crippen MR) is 68.2 cm³/mol. The van der Waals surface area contributed by atoms with Crippen LogP contribution in [0.4, 0.5) is 0 Å². The first-order chi connectivity index (χ1) is 7.86. The fourth-order valence-corrected chi connectivity index (χ4v) is 2.79. The second-order valence-corrected chi connectivity index (χ2v) is 6.44. The minimum Gasteiger partial charge on any atom is -0.468 e. The molecule has 0 aliphatic heterocycles. The summed E-state index contributed by atoms with van der Waals surface area (Å²) in [6.07, 6.45) is 2.76. The maximum Gasteiger partial charge on any atom is 0.319 e. The van der Waals surface area contributed by atoms with E-state index in [1.54, 1.807) is 29.6 Å². The molecule has 17 heavy (non-hydrogen) atoms. The summed E-state index contributed by atoms with van der Waals surface area (Å²) in [5, 5.41) is -0.0755. The van der Waals surface area contributed by atoms with Gasteiger partial charge in [-0.05, 0) is 0 Å². The van der Waals surface area contributed by atoms with E-state index in [2.05, 4.69) is 14.4 Å². The van der Waals surface area contributed by atoms with Crippen LogP contribution in [0.2, 0.25) is 0 Å². The zero-order chi connectivity index (χ0) is 13.1. The molecule has 0 bridgehead atoms. The number of nitrogens with one attached hydrogen (secondary N) is 1. The van der Waals surface area contributed by atoms with Crippen LogP contribution in [-0.2, 0) is 26.6 Å². The Morgan fingerprint density at radius 1 is 1.71 bits per heavy atom. The van der Waals surface area contributed by atoms with Gasteiger partial charge in [0.1, 0.15) is 3.92 Å². The Labute approximate surface area is 113 Å². The van der Waals surface area contributed by atoms with Gasteiger partial charge in [0, 0.05) is 19.8 Å². The second-order valence-electron chi connectivity index (χ2n) is 3.22. The van der Waals surface area contributed by atoms with Crippen molar-refractivity contribution >= 4 is 38.6 Å². The first kappa shape index (κ1) is 14.4. The average molecular weight is 373 g/mol. The van der Waals surface area contributed by atoms with Gasteiger partial charge in [0.15, 0.2) is 5.03 Å². The molecule has 0 saturated carbocycles. The molecule has 96 valence electrons. The van der Waals surface area contributed by atoms with Gasteiger partial charge in [0.25, 0.3) is 10.0 Å². The van der Waals surface area contributed by atoms with E-state index in [9.17, 15) is 13.2 Å². The molecule has 1 unspecified atom stereocenters. The van der Waals surface area contributed by atoms with E-state index in [1.807, 2.05) is 0 Å². The Balaban J connectivity index is 2.66. The monoisotopic (exact) mass is 373 g/mol. The third-order valence-electron chi connectivity index (χ3n) is 1.87. The van der Waals surface area contributed by atoms with E-state index in [1.165, 1.54) is 24.2 Å². The van der Waals surface area contributed by atoms with Gasteiger partial charge in [0.2, 0.25) is 0 Å². The van der Waals surface area contributed by atoms with E-state index in [4.69, 9.17) is 0 Å². The lowest BCUT2D eigenvalue weighted by Crippen LogP contribution is -2.34. The number of sulfonamides is 1. The lowest BCUT2D eigenvalue weighted by atomic mass is 10.4. The number of rotatable bonds is 5. The van der Waals surface area contributed by atoms with E-state index in [0.717, 1.165) is 0 Å². The number of imidazole rings is 1. The topological polar surface area (TPSA) is 90.3 Å². The molecule has 1 N–H and O–H groups in total. The number of ether oxygens (including phenoxy) is 1. The quantitative estimate of drug-likeness (QED) is 0.434. The molecule has 0 spiro atoms. The van der Waals surface area contributed by atoms with Crippen molar-refractivity contribution in [1.82, 2.24) is 14.3 Å². The van der Waals surface area contributed by atoms with E-state index < -0.39 is 19.9 Å². The van der Waals surface area contributed by atoms with Gasteiger partial charge >= 0.3 is 5.97 Å². The Kier molecular flexibility index (Phi) is 4.89. The molecule has 0 fully saturated rings. The Hall–Kier alpha value is -0.680. The number of aromatic nitrogens is 2. The summed E-state index contributed by atoms with van der Waals surface area (Å²) in [7, 11) is -0.751. The largest absolute Gasteiger partial charge is 0.468 e. The highest BCUT2D eigenvalue weighted by molar-refractivity contribution is 14.1. The molecule has 0 radical (unpaired) electrons. The first-order valence-corrected chi connectivity index (χ1v) is 7.29. The minimum absolute atomic E-state index is 0.0356. The van der Waals surface area contributed by atoms with Gasteiger partial charge in [-0.15, -0.1) is 0 Å². The van der Waals surface area contributed by atoms with Crippen LogP contribution in [0.25, 0.3) is 0 Å². The molecule has 7 nitrogen and oxygen atoms in total. The first-order valence-electron chi connectivity index (χ1n) is 4.56. The molecule has 0 amide bonds. The van der Waals surface area contributed by atoms with Crippen molar-refractivity contribution in [2.24, 2.45) is 7.05 Å². The number of hydrogen-bond donors (Lipinski definition) is 1. The highest BCUT2D eigenvalue weighted by Crippen LogP contribution is 2.06. The van der Waals surface area contributed by atoms with Crippen molar-refractivity contribution in [2.75, 3.05) is 13.7 Å². The molecule has 9 heteroatoms. The maximum absolute atomic E-state index is 11.7. The van der Waals surface area contributed by atoms with Crippen molar-refractivity contribution in [1.29, 1.82) is 0 Å².